The van der Waals surface area contributed by atoms with Crippen molar-refractivity contribution in [2.75, 3.05) is 0 Å². The first-order valence-corrected chi connectivity index (χ1v) is 8.90. The molecular formula is C21H23F3N2O. The maximum Gasteiger partial charge on any atom is 0.178 e. The number of hydrogen-bond donors (Lipinski definition) is 0. The minimum absolute atomic E-state index is 0.0500. The third-order valence-corrected chi connectivity index (χ3v) is 4.18. The first-order chi connectivity index (χ1) is 12.8. The van der Waals surface area contributed by atoms with E-state index in [1.165, 1.54) is 37.4 Å². The SMILES string of the molecule is CCCc1cc(F)c(C)cc1F.CCc1nc2cc(F)ccn2c1C(C)=O. The average Bonchev–Trinajstić information content (AvgIpc) is 2.98. The zero-order chi connectivity index (χ0) is 20.1. The van der Waals surface area contributed by atoms with Gasteiger partial charge in [-0.1, -0.05) is 20.3 Å². The highest BCUT2D eigenvalue weighted by atomic mass is 19.1. The third kappa shape index (κ3) is 4.76. The van der Waals surface area contributed by atoms with Crippen molar-refractivity contribution in [3.05, 3.63) is 70.4 Å². The van der Waals surface area contributed by atoms with Crippen LogP contribution in [0.1, 0.15) is 54.5 Å². The number of imidazole rings is 1. The predicted molar refractivity (Wildman–Crippen MR) is 99.6 cm³/mol. The maximum atomic E-state index is 13.1. The van der Waals surface area contributed by atoms with E-state index in [0.717, 1.165) is 6.42 Å². The van der Waals surface area contributed by atoms with Crippen molar-refractivity contribution in [3.63, 3.8) is 0 Å². The second-order valence-corrected chi connectivity index (χ2v) is 6.33. The van der Waals surface area contributed by atoms with E-state index >= 15 is 0 Å². The van der Waals surface area contributed by atoms with E-state index < -0.39 is 0 Å². The van der Waals surface area contributed by atoms with Crippen LogP contribution in [0.2, 0.25) is 0 Å². The fraction of sp³-hybridized carbons (Fsp3) is 0.333. The molecule has 3 aromatic rings. The van der Waals surface area contributed by atoms with Gasteiger partial charge in [-0.05, 0) is 49.1 Å². The van der Waals surface area contributed by atoms with Gasteiger partial charge in [-0.15, -0.1) is 0 Å². The molecule has 0 atom stereocenters. The van der Waals surface area contributed by atoms with Gasteiger partial charge in [-0.3, -0.25) is 9.20 Å². The highest BCUT2D eigenvalue weighted by Gasteiger charge is 2.14. The Morgan fingerprint density at radius 3 is 2.41 bits per heavy atom. The summed E-state index contributed by atoms with van der Waals surface area (Å²) in [5.41, 5.74) is 2.59. The average molecular weight is 376 g/mol. The molecule has 0 aliphatic heterocycles. The molecule has 2 heterocycles. The molecule has 3 nitrogen and oxygen atoms in total. The fourth-order valence-corrected chi connectivity index (χ4v) is 2.84. The zero-order valence-electron chi connectivity index (χ0n) is 15.9. The summed E-state index contributed by atoms with van der Waals surface area (Å²) in [6.45, 7) is 6.92. The lowest BCUT2D eigenvalue weighted by atomic mass is 10.1. The Kier molecular flexibility index (Phi) is 6.77. The Hall–Kier alpha value is -2.63. The van der Waals surface area contributed by atoms with Crippen molar-refractivity contribution in [1.82, 2.24) is 9.38 Å². The van der Waals surface area contributed by atoms with Gasteiger partial charge in [0.05, 0.1) is 5.69 Å². The van der Waals surface area contributed by atoms with Gasteiger partial charge in [-0.25, -0.2) is 18.2 Å². The molecule has 2 aromatic heterocycles. The number of rotatable bonds is 4. The number of carbonyl (C=O) groups excluding carboxylic acids is 1. The first kappa shape index (κ1) is 20.7. The summed E-state index contributed by atoms with van der Waals surface area (Å²) in [5, 5.41) is 0. The van der Waals surface area contributed by atoms with Crippen molar-refractivity contribution in [2.45, 2.75) is 47.0 Å². The van der Waals surface area contributed by atoms with E-state index in [0.29, 0.717) is 41.0 Å². The largest absolute Gasteiger partial charge is 0.297 e. The Balaban J connectivity index is 0.000000199. The quantitative estimate of drug-likeness (QED) is 0.566. The summed E-state index contributed by atoms with van der Waals surface area (Å²) >= 11 is 0. The summed E-state index contributed by atoms with van der Waals surface area (Å²) in [4.78, 5) is 15.6. The molecule has 0 amide bonds. The number of nitrogens with zero attached hydrogens (tertiary/aromatic N) is 2. The van der Waals surface area contributed by atoms with Crippen molar-refractivity contribution in [1.29, 1.82) is 0 Å². The van der Waals surface area contributed by atoms with E-state index in [2.05, 4.69) is 4.98 Å². The van der Waals surface area contributed by atoms with Crippen LogP contribution in [0.5, 0.6) is 0 Å². The monoisotopic (exact) mass is 376 g/mol. The summed E-state index contributed by atoms with van der Waals surface area (Å²) in [6, 6.07) is 5.18. The van der Waals surface area contributed by atoms with Crippen molar-refractivity contribution >= 4 is 11.4 Å². The number of aryl methyl sites for hydroxylation is 3. The number of halogens is 3. The first-order valence-electron chi connectivity index (χ1n) is 8.90. The van der Waals surface area contributed by atoms with Crippen LogP contribution in [0.25, 0.3) is 5.65 Å². The molecule has 0 aliphatic carbocycles. The van der Waals surface area contributed by atoms with Crippen LogP contribution in [0.3, 0.4) is 0 Å². The van der Waals surface area contributed by atoms with Crippen LogP contribution < -0.4 is 0 Å². The van der Waals surface area contributed by atoms with Gasteiger partial charge in [0.1, 0.15) is 28.8 Å². The molecule has 144 valence electrons. The van der Waals surface area contributed by atoms with E-state index in [1.54, 1.807) is 11.3 Å². The van der Waals surface area contributed by atoms with E-state index in [1.807, 2.05) is 13.8 Å². The molecule has 0 aliphatic rings. The second-order valence-electron chi connectivity index (χ2n) is 6.33. The molecule has 0 radical (unpaired) electrons. The highest BCUT2D eigenvalue weighted by Crippen LogP contribution is 2.16. The number of ketones is 1. The number of aromatic nitrogens is 2. The van der Waals surface area contributed by atoms with Gasteiger partial charge < -0.3 is 0 Å². The molecule has 0 N–H and O–H groups in total. The molecular weight excluding hydrogens is 353 g/mol. The number of pyridine rings is 1. The minimum atomic E-state index is -0.342. The lowest BCUT2D eigenvalue weighted by molar-refractivity contribution is 0.101. The van der Waals surface area contributed by atoms with Gasteiger partial charge in [0.2, 0.25) is 0 Å². The smallest absolute Gasteiger partial charge is 0.178 e. The summed E-state index contributed by atoms with van der Waals surface area (Å²) in [5.74, 6) is -1.01. The van der Waals surface area contributed by atoms with Crippen LogP contribution in [-0.2, 0) is 12.8 Å². The van der Waals surface area contributed by atoms with Crippen LogP contribution in [0, 0.1) is 24.4 Å². The third-order valence-electron chi connectivity index (χ3n) is 4.18. The molecule has 6 heteroatoms. The Bertz CT molecular complexity index is 964. The topological polar surface area (TPSA) is 34.4 Å². The van der Waals surface area contributed by atoms with Gasteiger partial charge in [0, 0.05) is 19.2 Å². The normalized spacial score (nSPS) is 10.6. The minimum Gasteiger partial charge on any atom is -0.297 e. The van der Waals surface area contributed by atoms with Crippen LogP contribution in [0.4, 0.5) is 13.2 Å². The van der Waals surface area contributed by atoms with Crippen molar-refractivity contribution in [2.24, 2.45) is 0 Å². The van der Waals surface area contributed by atoms with Crippen LogP contribution >= 0.6 is 0 Å². The molecule has 1 aromatic carbocycles. The van der Waals surface area contributed by atoms with Crippen LogP contribution in [0.15, 0.2) is 30.5 Å². The fourth-order valence-electron chi connectivity index (χ4n) is 2.84. The highest BCUT2D eigenvalue weighted by molar-refractivity contribution is 5.94. The molecule has 0 bridgehead atoms. The van der Waals surface area contributed by atoms with E-state index in [-0.39, 0.29) is 23.2 Å². The Labute approximate surface area is 156 Å². The molecule has 3 rings (SSSR count). The molecule has 0 fully saturated rings. The zero-order valence-corrected chi connectivity index (χ0v) is 15.9. The molecule has 0 saturated heterocycles. The summed E-state index contributed by atoms with van der Waals surface area (Å²) < 4.78 is 40.5. The predicted octanol–water partition coefficient (Wildman–Crippen LogP) is 5.46. The van der Waals surface area contributed by atoms with Crippen molar-refractivity contribution < 1.29 is 18.0 Å². The number of fused-ring (bicyclic) bond motifs is 1. The van der Waals surface area contributed by atoms with E-state index in [4.69, 9.17) is 0 Å². The summed E-state index contributed by atoms with van der Waals surface area (Å²) in [7, 11) is 0. The van der Waals surface area contributed by atoms with Gasteiger partial charge in [0.15, 0.2) is 5.78 Å². The number of hydrogen-bond acceptors (Lipinski definition) is 2. The molecule has 0 unspecified atom stereocenters. The van der Waals surface area contributed by atoms with Gasteiger partial charge >= 0.3 is 0 Å². The number of carbonyl (C=O) groups is 1. The maximum absolute atomic E-state index is 13.1. The lowest BCUT2D eigenvalue weighted by Gasteiger charge is -2.03. The van der Waals surface area contributed by atoms with E-state index in [9.17, 15) is 18.0 Å². The Morgan fingerprint density at radius 2 is 1.81 bits per heavy atom. The number of benzene rings is 1. The van der Waals surface area contributed by atoms with Gasteiger partial charge in [0.25, 0.3) is 0 Å². The molecule has 27 heavy (non-hydrogen) atoms. The lowest BCUT2D eigenvalue weighted by Crippen LogP contribution is -2.01. The standard InChI is InChI=1S/C11H11FN2O.C10H12F2/c1-3-9-11(7(2)15)14-5-4-8(12)6-10(14)13-9;1-3-4-8-6-9(11)7(2)5-10(8)12/h4-6H,3H2,1-2H3;5-6H,3-4H2,1-2H3. The Morgan fingerprint density at radius 1 is 1.11 bits per heavy atom. The molecule has 0 spiro atoms. The molecule has 0 saturated carbocycles. The second kappa shape index (κ2) is 8.84. The number of Topliss-reactive ketones (excluding diaryl/α,β-unsaturated/α-hetero) is 1. The van der Waals surface area contributed by atoms with Gasteiger partial charge in [-0.2, -0.15) is 0 Å². The van der Waals surface area contributed by atoms with Crippen LogP contribution in [-0.4, -0.2) is 15.2 Å². The summed E-state index contributed by atoms with van der Waals surface area (Å²) in [6.07, 6.45) is 3.63. The van der Waals surface area contributed by atoms with Crippen molar-refractivity contribution in [3.8, 4) is 0 Å².